The third-order valence-electron chi connectivity index (χ3n) is 3.07. The Morgan fingerprint density at radius 2 is 2.11 bits per heavy atom. The summed E-state index contributed by atoms with van der Waals surface area (Å²) in [5.74, 6) is 0. The van der Waals surface area contributed by atoms with Crippen molar-refractivity contribution in [1.82, 2.24) is 15.6 Å². The molecule has 0 aliphatic heterocycles. The molecular formula is C13H18F3N3. The van der Waals surface area contributed by atoms with Crippen LogP contribution >= 0.6 is 0 Å². The van der Waals surface area contributed by atoms with Gasteiger partial charge in [0.25, 0.3) is 0 Å². The minimum absolute atomic E-state index is 0.268. The van der Waals surface area contributed by atoms with Crippen LogP contribution in [0.15, 0.2) is 18.3 Å². The molecule has 0 amide bonds. The van der Waals surface area contributed by atoms with Crippen molar-refractivity contribution in [2.75, 3.05) is 6.54 Å². The highest BCUT2D eigenvalue weighted by molar-refractivity contribution is 5.16. The maximum absolute atomic E-state index is 12.4. The van der Waals surface area contributed by atoms with E-state index in [-0.39, 0.29) is 6.04 Å². The number of pyridine rings is 1. The van der Waals surface area contributed by atoms with Crippen LogP contribution in [0.2, 0.25) is 0 Å². The number of rotatable bonds is 6. The predicted octanol–water partition coefficient (Wildman–Crippen LogP) is 2.33. The van der Waals surface area contributed by atoms with Gasteiger partial charge in [-0.2, -0.15) is 13.2 Å². The fourth-order valence-corrected chi connectivity index (χ4v) is 1.68. The molecule has 0 saturated heterocycles. The van der Waals surface area contributed by atoms with Gasteiger partial charge < -0.3 is 10.6 Å². The van der Waals surface area contributed by atoms with Crippen LogP contribution in [-0.2, 0) is 12.7 Å². The van der Waals surface area contributed by atoms with Gasteiger partial charge in [0, 0.05) is 31.4 Å². The van der Waals surface area contributed by atoms with Gasteiger partial charge in [-0.1, -0.05) is 0 Å². The highest BCUT2D eigenvalue weighted by atomic mass is 19.4. The maximum Gasteiger partial charge on any atom is 0.417 e. The molecule has 1 saturated carbocycles. The molecule has 2 rings (SSSR count). The van der Waals surface area contributed by atoms with Gasteiger partial charge in [0.2, 0.25) is 0 Å². The van der Waals surface area contributed by atoms with Crippen LogP contribution < -0.4 is 10.6 Å². The van der Waals surface area contributed by atoms with Crippen LogP contribution in [0.5, 0.6) is 0 Å². The molecule has 1 atom stereocenters. The van der Waals surface area contributed by atoms with Gasteiger partial charge in [-0.3, -0.25) is 4.98 Å². The van der Waals surface area contributed by atoms with Crippen molar-refractivity contribution in [2.45, 2.75) is 44.6 Å². The number of alkyl halides is 3. The second-order valence-electron chi connectivity index (χ2n) is 5.00. The van der Waals surface area contributed by atoms with Crippen molar-refractivity contribution in [2.24, 2.45) is 0 Å². The monoisotopic (exact) mass is 273 g/mol. The normalized spacial score (nSPS) is 17.5. The van der Waals surface area contributed by atoms with E-state index in [2.05, 4.69) is 15.6 Å². The fourth-order valence-electron chi connectivity index (χ4n) is 1.68. The number of nitrogens with one attached hydrogen (secondary N) is 2. The van der Waals surface area contributed by atoms with Crippen molar-refractivity contribution in [3.05, 3.63) is 29.6 Å². The molecule has 3 nitrogen and oxygen atoms in total. The van der Waals surface area contributed by atoms with E-state index in [4.69, 9.17) is 0 Å². The Kier molecular flexibility index (Phi) is 4.42. The van der Waals surface area contributed by atoms with Crippen molar-refractivity contribution in [3.63, 3.8) is 0 Å². The molecule has 106 valence electrons. The standard InChI is InChI=1S/C13H18F3N3/c1-9(6-18-11-4-5-11)17-8-12-3-2-10(7-19-12)13(14,15)16/h2-3,7,9,11,17-18H,4-6,8H2,1H3. The maximum atomic E-state index is 12.4. The van der Waals surface area contributed by atoms with Crippen LogP contribution in [0.1, 0.15) is 31.0 Å². The summed E-state index contributed by atoms with van der Waals surface area (Å²) in [6, 6.07) is 3.41. The smallest absolute Gasteiger partial charge is 0.312 e. The summed E-state index contributed by atoms with van der Waals surface area (Å²) in [7, 11) is 0. The SMILES string of the molecule is CC(CNC1CC1)NCc1ccc(C(F)(F)F)cn1. The number of aromatic nitrogens is 1. The van der Waals surface area contributed by atoms with Gasteiger partial charge in [-0.05, 0) is 31.9 Å². The highest BCUT2D eigenvalue weighted by Gasteiger charge is 2.30. The zero-order chi connectivity index (χ0) is 13.9. The van der Waals surface area contributed by atoms with Crippen LogP contribution in [0.25, 0.3) is 0 Å². The fraction of sp³-hybridized carbons (Fsp3) is 0.615. The molecule has 0 bridgehead atoms. The Bertz CT molecular complexity index is 399. The molecule has 0 spiro atoms. The third kappa shape index (κ3) is 4.80. The molecule has 0 aromatic carbocycles. The molecular weight excluding hydrogens is 255 g/mol. The Morgan fingerprint density at radius 1 is 1.37 bits per heavy atom. The summed E-state index contributed by atoms with van der Waals surface area (Å²) < 4.78 is 37.1. The first-order valence-electron chi connectivity index (χ1n) is 6.44. The van der Waals surface area contributed by atoms with E-state index in [9.17, 15) is 13.2 Å². The molecule has 1 unspecified atom stereocenters. The minimum atomic E-state index is -4.32. The zero-order valence-corrected chi connectivity index (χ0v) is 10.8. The lowest BCUT2D eigenvalue weighted by molar-refractivity contribution is -0.137. The molecule has 6 heteroatoms. The molecule has 0 radical (unpaired) electrons. The van der Waals surface area contributed by atoms with Gasteiger partial charge in [0.1, 0.15) is 0 Å². The van der Waals surface area contributed by atoms with E-state index in [0.717, 1.165) is 18.8 Å². The predicted molar refractivity (Wildman–Crippen MR) is 66.6 cm³/mol. The topological polar surface area (TPSA) is 37.0 Å². The van der Waals surface area contributed by atoms with E-state index in [1.54, 1.807) is 0 Å². The first kappa shape index (κ1) is 14.3. The molecule has 19 heavy (non-hydrogen) atoms. The second kappa shape index (κ2) is 5.88. The van der Waals surface area contributed by atoms with E-state index in [1.165, 1.54) is 18.9 Å². The molecule has 1 heterocycles. The summed E-state index contributed by atoms with van der Waals surface area (Å²) in [5, 5.41) is 6.62. The summed E-state index contributed by atoms with van der Waals surface area (Å²) in [6.45, 7) is 3.39. The number of nitrogens with zero attached hydrogens (tertiary/aromatic N) is 1. The van der Waals surface area contributed by atoms with Crippen molar-refractivity contribution in [1.29, 1.82) is 0 Å². The van der Waals surface area contributed by atoms with Gasteiger partial charge >= 0.3 is 6.18 Å². The largest absolute Gasteiger partial charge is 0.417 e. The van der Waals surface area contributed by atoms with Crippen LogP contribution in [0.3, 0.4) is 0 Å². The average molecular weight is 273 g/mol. The van der Waals surface area contributed by atoms with Crippen molar-refractivity contribution in [3.8, 4) is 0 Å². The average Bonchev–Trinajstić information content (AvgIpc) is 3.17. The van der Waals surface area contributed by atoms with Crippen LogP contribution in [0, 0.1) is 0 Å². The van der Waals surface area contributed by atoms with Gasteiger partial charge in [0.15, 0.2) is 0 Å². The molecule has 1 aromatic rings. The van der Waals surface area contributed by atoms with Crippen molar-refractivity contribution >= 4 is 0 Å². The minimum Gasteiger partial charge on any atom is -0.312 e. The zero-order valence-electron chi connectivity index (χ0n) is 10.8. The first-order valence-corrected chi connectivity index (χ1v) is 6.44. The Morgan fingerprint density at radius 3 is 2.63 bits per heavy atom. The van der Waals surface area contributed by atoms with Crippen LogP contribution in [-0.4, -0.2) is 23.6 Å². The van der Waals surface area contributed by atoms with E-state index in [0.29, 0.717) is 18.3 Å². The second-order valence-corrected chi connectivity index (χ2v) is 5.00. The molecule has 2 N–H and O–H groups in total. The number of hydrogen-bond acceptors (Lipinski definition) is 3. The van der Waals surface area contributed by atoms with Gasteiger partial charge in [-0.15, -0.1) is 0 Å². The van der Waals surface area contributed by atoms with E-state index in [1.807, 2.05) is 6.92 Å². The Hall–Kier alpha value is -1.14. The molecule has 1 fully saturated rings. The number of halogens is 3. The lowest BCUT2D eigenvalue weighted by atomic mass is 10.2. The Balaban J connectivity index is 1.75. The highest BCUT2D eigenvalue weighted by Crippen LogP contribution is 2.28. The van der Waals surface area contributed by atoms with Crippen LogP contribution in [0.4, 0.5) is 13.2 Å². The first-order chi connectivity index (χ1) is 8.95. The van der Waals surface area contributed by atoms with Crippen molar-refractivity contribution < 1.29 is 13.2 Å². The van der Waals surface area contributed by atoms with Gasteiger partial charge in [0.05, 0.1) is 11.3 Å². The summed E-state index contributed by atoms with van der Waals surface area (Å²) in [4.78, 5) is 3.82. The Labute approximate surface area is 110 Å². The van der Waals surface area contributed by atoms with E-state index >= 15 is 0 Å². The lowest BCUT2D eigenvalue weighted by Crippen LogP contribution is -2.36. The molecule has 1 aliphatic carbocycles. The summed E-state index contributed by atoms with van der Waals surface area (Å²) in [5.41, 5.74) is -0.0917. The van der Waals surface area contributed by atoms with E-state index < -0.39 is 11.7 Å². The quantitative estimate of drug-likeness (QED) is 0.835. The number of hydrogen-bond donors (Lipinski definition) is 2. The molecule has 1 aliphatic rings. The lowest BCUT2D eigenvalue weighted by Gasteiger charge is -2.14. The summed E-state index contributed by atoms with van der Waals surface area (Å²) >= 11 is 0. The summed E-state index contributed by atoms with van der Waals surface area (Å²) in [6.07, 6.45) is -0.953. The third-order valence-corrected chi connectivity index (χ3v) is 3.07. The molecule has 1 aromatic heterocycles. The van der Waals surface area contributed by atoms with Gasteiger partial charge in [-0.25, -0.2) is 0 Å².